The molecular weight excluding hydrogens is 324 g/mol. The number of hydrogen-bond acceptors (Lipinski definition) is 3. The van der Waals surface area contributed by atoms with E-state index >= 15 is 0 Å². The Morgan fingerprint density at radius 1 is 1.20 bits per heavy atom. The van der Waals surface area contributed by atoms with E-state index < -0.39 is 11.9 Å². The summed E-state index contributed by atoms with van der Waals surface area (Å²) in [5.74, 6) is -0.708. The minimum atomic E-state index is -0.622. The van der Waals surface area contributed by atoms with Crippen LogP contribution in [0.5, 0.6) is 0 Å². The molecule has 1 atom stereocenters. The number of nitrogens with zero attached hydrogens (tertiary/aromatic N) is 1. The molecule has 0 bridgehead atoms. The predicted molar refractivity (Wildman–Crippen MR) is 77.3 cm³/mol. The van der Waals surface area contributed by atoms with E-state index in [1.54, 1.807) is 18.3 Å². The summed E-state index contributed by atoms with van der Waals surface area (Å²) in [7, 11) is 0. The first-order chi connectivity index (χ1) is 9.56. The molecule has 0 spiro atoms. The Balaban J connectivity index is 2.13. The fourth-order valence-corrected chi connectivity index (χ4v) is 2.78. The monoisotopic (exact) mass is 334 g/mol. The lowest BCUT2D eigenvalue weighted by Gasteiger charge is -2.23. The lowest BCUT2D eigenvalue weighted by molar-refractivity contribution is -0.135. The van der Waals surface area contributed by atoms with E-state index in [1.807, 2.05) is 12.1 Å². The molecule has 1 unspecified atom stereocenters. The predicted octanol–water partition coefficient (Wildman–Crippen LogP) is 1.74. The normalized spacial score (nSPS) is 19.1. The summed E-state index contributed by atoms with van der Waals surface area (Å²) >= 11 is 3.33. The van der Waals surface area contributed by atoms with Gasteiger partial charge in [0.15, 0.2) is 0 Å². The number of pyridine rings is 1. The number of benzene rings is 1. The van der Waals surface area contributed by atoms with Gasteiger partial charge in [-0.3, -0.25) is 19.7 Å². The highest BCUT2D eigenvalue weighted by molar-refractivity contribution is 9.10. The molecule has 1 aliphatic rings. The van der Waals surface area contributed by atoms with Gasteiger partial charge in [-0.25, -0.2) is 0 Å². The fourth-order valence-electron chi connectivity index (χ4n) is 2.42. The van der Waals surface area contributed by atoms with E-state index in [0.717, 1.165) is 9.86 Å². The largest absolute Gasteiger partial charge is 0.302 e. The molecule has 1 N–H and O–H groups in total. The van der Waals surface area contributed by atoms with Gasteiger partial charge in [-0.2, -0.15) is 0 Å². The molecular formula is C14H11BrN2O3. The minimum absolute atomic E-state index is 0.224. The first-order valence-electron chi connectivity index (χ1n) is 6.20. The molecule has 1 fully saturated rings. The molecule has 2 heterocycles. The van der Waals surface area contributed by atoms with Gasteiger partial charge in [-0.1, -0.05) is 22.0 Å². The van der Waals surface area contributed by atoms with Crippen LogP contribution in [-0.2, 0) is 9.59 Å². The lowest BCUT2D eigenvalue weighted by atomic mass is 10.1. The van der Waals surface area contributed by atoms with Crippen LogP contribution in [0.1, 0.15) is 18.9 Å². The number of amides is 2. The zero-order chi connectivity index (χ0) is 14.3. The standard InChI is InChI=1S/C14H11BrN2O3/c15-9-2-1-8-5-6-17(14(20)10(8)7-9)11-3-4-12(18)16-13(11)19/h1-2,5-7,11H,3-4H2,(H,16,18,19). The highest BCUT2D eigenvalue weighted by atomic mass is 79.9. The second kappa shape index (κ2) is 4.86. The molecule has 0 saturated carbocycles. The first kappa shape index (κ1) is 13.1. The van der Waals surface area contributed by atoms with Crippen LogP contribution in [0, 0.1) is 0 Å². The summed E-state index contributed by atoms with van der Waals surface area (Å²) in [5, 5.41) is 3.64. The van der Waals surface area contributed by atoms with Crippen molar-refractivity contribution in [1.82, 2.24) is 9.88 Å². The number of rotatable bonds is 1. The number of aromatic nitrogens is 1. The Bertz CT molecular complexity index is 782. The molecule has 20 heavy (non-hydrogen) atoms. The molecule has 0 aliphatic carbocycles. The molecule has 2 amide bonds. The van der Waals surface area contributed by atoms with Crippen molar-refractivity contribution in [2.75, 3.05) is 0 Å². The van der Waals surface area contributed by atoms with Crippen molar-refractivity contribution in [3.63, 3.8) is 0 Å². The summed E-state index contributed by atoms with van der Waals surface area (Å²) in [4.78, 5) is 35.5. The van der Waals surface area contributed by atoms with Gasteiger partial charge in [0.05, 0.1) is 0 Å². The van der Waals surface area contributed by atoms with Crippen molar-refractivity contribution < 1.29 is 9.59 Å². The van der Waals surface area contributed by atoms with E-state index in [9.17, 15) is 14.4 Å². The maximum atomic E-state index is 12.5. The first-order valence-corrected chi connectivity index (χ1v) is 6.99. The van der Waals surface area contributed by atoms with Gasteiger partial charge in [0.25, 0.3) is 5.56 Å². The molecule has 3 rings (SSSR count). The van der Waals surface area contributed by atoms with Crippen molar-refractivity contribution in [3.05, 3.63) is 45.3 Å². The topological polar surface area (TPSA) is 68.2 Å². The van der Waals surface area contributed by atoms with Gasteiger partial charge in [-0.05, 0) is 30.0 Å². The molecule has 2 aromatic rings. The number of imide groups is 1. The van der Waals surface area contributed by atoms with E-state index in [4.69, 9.17) is 0 Å². The SMILES string of the molecule is O=C1CCC(n2ccc3ccc(Br)cc3c2=O)C(=O)N1. The number of carbonyl (C=O) groups is 2. The summed E-state index contributed by atoms with van der Waals surface area (Å²) in [6.45, 7) is 0. The van der Waals surface area contributed by atoms with E-state index in [0.29, 0.717) is 11.8 Å². The molecule has 1 aromatic heterocycles. The average Bonchev–Trinajstić information content (AvgIpc) is 2.41. The van der Waals surface area contributed by atoms with Crippen LogP contribution in [0.2, 0.25) is 0 Å². The number of nitrogens with one attached hydrogen (secondary N) is 1. The van der Waals surface area contributed by atoms with Crippen molar-refractivity contribution >= 4 is 38.5 Å². The Morgan fingerprint density at radius 2 is 2.00 bits per heavy atom. The molecule has 0 radical (unpaired) electrons. The van der Waals surface area contributed by atoms with Crippen LogP contribution in [0.4, 0.5) is 0 Å². The van der Waals surface area contributed by atoms with Gasteiger partial charge in [0, 0.05) is 22.5 Å². The Labute approximate surface area is 122 Å². The van der Waals surface area contributed by atoms with E-state index in [2.05, 4.69) is 21.2 Å². The molecule has 5 nitrogen and oxygen atoms in total. The Kier molecular flexibility index (Phi) is 3.17. The van der Waals surface area contributed by atoms with E-state index in [-0.39, 0.29) is 17.9 Å². The number of hydrogen-bond donors (Lipinski definition) is 1. The van der Waals surface area contributed by atoms with Crippen LogP contribution in [0.25, 0.3) is 10.8 Å². The third-order valence-corrected chi connectivity index (χ3v) is 3.93. The zero-order valence-corrected chi connectivity index (χ0v) is 12.0. The van der Waals surface area contributed by atoms with Crippen molar-refractivity contribution in [2.24, 2.45) is 0 Å². The maximum absolute atomic E-state index is 12.5. The number of piperidine rings is 1. The second-order valence-corrected chi connectivity index (χ2v) is 5.64. The summed E-state index contributed by atoms with van der Waals surface area (Å²) in [6, 6.07) is 6.62. The molecule has 6 heteroatoms. The number of carbonyl (C=O) groups excluding carboxylic acids is 2. The van der Waals surface area contributed by atoms with Crippen molar-refractivity contribution in [1.29, 1.82) is 0 Å². The van der Waals surface area contributed by atoms with Crippen LogP contribution >= 0.6 is 15.9 Å². The fraction of sp³-hybridized carbons (Fsp3) is 0.214. The Morgan fingerprint density at radius 3 is 2.75 bits per heavy atom. The quantitative estimate of drug-likeness (QED) is 0.807. The van der Waals surface area contributed by atoms with Crippen LogP contribution in [0.15, 0.2) is 39.7 Å². The van der Waals surface area contributed by atoms with Gasteiger partial charge in [0.2, 0.25) is 11.8 Å². The smallest absolute Gasteiger partial charge is 0.259 e. The van der Waals surface area contributed by atoms with Gasteiger partial charge < -0.3 is 4.57 Å². The van der Waals surface area contributed by atoms with Gasteiger partial charge in [0.1, 0.15) is 6.04 Å². The second-order valence-electron chi connectivity index (χ2n) is 4.73. The summed E-state index contributed by atoms with van der Waals surface area (Å²) < 4.78 is 2.21. The molecule has 1 saturated heterocycles. The highest BCUT2D eigenvalue weighted by Crippen LogP contribution is 2.20. The van der Waals surface area contributed by atoms with Crippen molar-refractivity contribution in [3.8, 4) is 0 Å². The van der Waals surface area contributed by atoms with Gasteiger partial charge in [-0.15, -0.1) is 0 Å². The Hall–Kier alpha value is -1.95. The average molecular weight is 335 g/mol. The van der Waals surface area contributed by atoms with E-state index in [1.165, 1.54) is 4.57 Å². The number of halogens is 1. The summed E-state index contributed by atoms with van der Waals surface area (Å²) in [6.07, 6.45) is 2.21. The van der Waals surface area contributed by atoms with Crippen LogP contribution in [0.3, 0.4) is 0 Å². The van der Waals surface area contributed by atoms with Gasteiger partial charge >= 0.3 is 0 Å². The van der Waals surface area contributed by atoms with Crippen LogP contribution in [-0.4, -0.2) is 16.4 Å². The summed E-state index contributed by atoms with van der Waals surface area (Å²) in [5.41, 5.74) is -0.224. The third-order valence-electron chi connectivity index (χ3n) is 3.44. The highest BCUT2D eigenvalue weighted by Gasteiger charge is 2.28. The minimum Gasteiger partial charge on any atom is -0.302 e. The molecule has 1 aromatic carbocycles. The van der Waals surface area contributed by atoms with Crippen LogP contribution < -0.4 is 10.9 Å². The zero-order valence-electron chi connectivity index (χ0n) is 10.4. The third kappa shape index (κ3) is 2.16. The maximum Gasteiger partial charge on any atom is 0.259 e. The number of fused-ring (bicyclic) bond motifs is 1. The lowest BCUT2D eigenvalue weighted by Crippen LogP contribution is -2.44. The molecule has 102 valence electrons. The molecule has 1 aliphatic heterocycles. The van der Waals surface area contributed by atoms with Crippen molar-refractivity contribution in [2.45, 2.75) is 18.9 Å².